The van der Waals surface area contributed by atoms with E-state index in [1.807, 2.05) is 6.07 Å². The molecule has 1 saturated heterocycles. The quantitative estimate of drug-likeness (QED) is 0.915. The number of aromatic nitrogens is 2. The number of aromatic carboxylic acids is 1. The number of hydrogen-bond acceptors (Lipinski definition) is 3. The molecule has 2 unspecified atom stereocenters. The number of ether oxygens (including phenoxy) is 1. The van der Waals surface area contributed by atoms with Gasteiger partial charge in [-0.2, -0.15) is 0 Å². The molecule has 2 aromatic rings. The highest BCUT2D eigenvalue weighted by Gasteiger charge is 2.56. The molecule has 3 fully saturated rings. The number of hydrogen-bond donors (Lipinski definition) is 1. The van der Waals surface area contributed by atoms with E-state index in [1.165, 1.54) is 38.5 Å². The molecule has 1 N–H and O–H groups in total. The van der Waals surface area contributed by atoms with E-state index in [-0.39, 0.29) is 6.10 Å². The van der Waals surface area contributed by atoms with Crippen molar-refractivity contribution in [2.45, 2.75) is 63.5 Å². The molecule has 1 aromatic carbocycles. The molecule has 2 aliphatic carbocycles. The second-order valence-corrected chi connectivity index (χ2v) is 8.05. The van der Waals surface area contributed by atoms with Crippen LogP contribution in [0, 0.1) is 5.41 Å². The SMILES string of the molecule is O=C(O)c1ccc2nc(C3CC34CCCCC4)n(CC3CCO3)c2c1. The Morgan fingerprint density at radius 1 is 1.32 bits per heavy atom. The van der Waals surface area contributed by atoms with Crippen LogP contribution in [0.2, 0.25) is 0 Å². The maximum Gasteiger partial charge on any atom is 0.335 e. The van der Waals surface area contributed by atoms with Gasteiger partial charge in [-0.05, 0) is 49.3 Å². The molecule has 2 heterocycles. The first-order valence-corrected chi connectivity index (χ1v) is 9.51. The summed E-state index contributed by atoms with van der Waals surface area (Å²) in [4.78, 5) is 16.3. The zero-order valence-electron chi connectivity index (χ0n) is 14.4. The summed E-state index contributed by atoms with van der Waals surface area (Å²) in [5.41, 5.74) is 2.66. The number of benzene rings is 1. The van der Waals surface area contributed by atoms with Crippen LogP contribution in [0.4, 0.5) is 0 Å². The Hall–Kier alpha value is -1.88. The minimum absolute atomic E-state index is 0.241. The van der Waals surface area contributed by atoms with Crippen LogP contribution < -0.4 is 0 Å². The van der Waals surface area contributed by atoms with Crippen LogP contribution in [0.15, 0.2) is 18.2 Å². The monoisotopic (exact) mass is 340 g/mol. The predicted molar refractivity (Wildman–Crippen MR) is 93.9 cm³/mol. The highest BCUT2D eigenvalue weighted by atomic mass is 16.5. The van der Waals surface area contributed by atoms with Gasteiger partial charge in [-0.3, -0.25) is 0 Å². The van der Waals surface area contributed by atoms with Crippen molar-refractivity contribution in [2.75, 3.05) is 6.61 Å². The summed E-state index contributed by atoms with van der Waals surface area (Å²) in [6.07, 6.45) is 9.24. The molecular weight excluding hydrogens is 316 g/mol. The molecule has 0 radical (unpaired) electrons. The molecule has 5 heteroatoms. The summed E-state index contributed by atoms with van der Waals surface area (Å²) >= 11 is 0. The summed E-state index contributed by atoms with van der Waals surface area (Å²) < 4.78 is 7.92. The van der Waals surface area contributed by atoms with Gasteiger partial charge in [0.2, 0.25) is 0 Å². The van der Waals surface area contributed by atoms with E-state index in [4.69, 9.17) is 9.72 Å². The lowest BCUT2D eigenvalue weighted by molar-refractivity contribution is -0.0590. The lowest BCUT2D eigenvalue weighted by atomic mass is 9.84. The molecule has 0 amide bonds. The molecule has 0 bridgehead atoms. The molecule has 2 atom stereocenters. The first-order chi connectivity index (χ1) is 12.2. The molecule has 5 nitrogen and oxygen atoms in total. The third kappa shape index (κ3) is 2.48. The summed E-state index contributed by atoms with van der Waals surface area (Å²) in [6.45, 7) is 1.63. The summed E-state index contributed by atoms with van der Waals surface area (Å²) in [5.74, 6) is 0.815. The highest BCUT2D eigenvalue weighted by Crippen LogP contribution is 2.66. The van der Waals surface area contributed by atoms with Gasteiger partial charge in [0.1, 0.15) is 5.82 Å². The van der Waals surface area contributed by atoms with E-state index in [0.717, 1.165) is 36.4 Å². The number of carboxylic acids is 1. The Bertz CT molecular complexity index is 831. The van der Waals surface area contributed by atoms with E-state index >= 15 is 0 Å². The number of nitrogens with zero attached hydrogens (tertiary/aromatic N) is 2. The largest absolute Gasteiger partial charge is 0.478 e. The van der Waals surface area contributed by atoms with Crippen LogP contribution in [-0.4, -0.2) is 33.3 Å². The van der Waals surface area contributed by atoms with Gasteiger partial charge in [-0.1, -0.05) is 19.3 Å². The minimum Gasteiger partial charge on any atom is -0.478 e. The first-order valence-electron chi connectivity index (χ1n) is 9.51. The van der Waals surface area contributed by atoms with Gasteiger partial charge in [0.25, 0.3) is 0 Å². The third-order valence-electron chi connectivity index (χ3n) is 6.56. The van der Waals surface area contributed by atoms with Crippen molar-refractivity contribution in [3.63, 3.8) is 0 Å². The van der Waals surface area contributed by atoms with Crippen molar-refractivity contribution < 1.29 is 14.6 Å². The van der Waals surface area contributed by atoms with Crippen LogP contribution in [-0.2, 0) is 11.3 Å². The summed E-state index contributed by atoms with van der Waals surface area (Å²) in [5, 5.41) is 9.35. The summed E-state index contributed by atoms with van der Waals surface area (Å²) in [7, 11) is 0. The smallest absolute Gasteiger partial charge is 0.335 e. The Morgan fingerprint density at radius 3 is 2.80 bits per heavy atom. The lowest BCUT2D eigenvalue weighted by Gasteiger charge is -2.28. The van der Waals surface area contributed by atoms with Crippen molar-refractivity contribution in [2.24, 2.45) is 5.41 Å². The fourth-order valence-corrected chi connectivity index (χ4v) is 4.89. The maximum absolute atomic E-state index is 11.4. The number of carboxylic acid groups (broad SMARTS) is 1. The predicted octanol–water partition coefficient (Wildman–Crippen LogP) is 3.96. The molecule has 25 heavy (non-hydrogen) atoms. The van der Waals surface area contributed by atoms with Gasteiger partial charge in [-0.25, -0.2) is 9.78 Å². The third-order valence-corrected chi connectivity index (χ3v) is 6.56. The van der Waals surface area contributed by atoms with Crippen LogP contribution in [0.3, 0.4) is 0 Å². The van der Waals surface area contributed by atoms with Crippen LogP contribution >= 0.6 is 0 Å². The average molecular weight is 340 g/mol. The van der Waals surface area contributed by atoms with E-state index in [1.54, 1.807) is 12.1 Å². The maximum atomic E-state index is 11.4. The van der Waals surface area contributed by atoms with E-state index in [9.17, 15) is 9.90 Å². The van der Waals surface area contributed by atoms with E-state index < -0.39 is 5.97 Å². The Kier molecular flexibility index (Phi) is 3.42. The van der Waals surface area contributed by atoms with Gasteiger partial charge in [-0.15, -0.1) is 0 Å². The van der Waals surface area contributed by atoms with Crippen molar-refractivity contribution in [3.8, 4) is 0 Å². The van der Waals surface area contributed by atoms with Gasteiger partial charge in [0.15, 0.2) is 0 Å². The zero-order chi connectivity index (χ0) is 17.0. The van der Waals surface area contributed by atoms with Gasteiger partial charge in [0, 0.05) is 12.5 Å². The molecule has 5 rings (SSSR count). The standard InChI is InChI=1S/C20H24N2O3/c23-19(24)13-4-5-16-17(10-13)22(12-14-6-9-25-14)18(21-16)15-11-20(15)7-2-1-3-8-20/h4-5,10,14-15H,1-3,6-9,11-12H2,(H,23,24). The van der Waals surface area contributed by atoms with Gasteiger partial charge in [0.05, 0.1) is 29.2 Å². The number of carbonyl (C=O) groups is 1. The van der Waals surface area contributed by atoms with Crippen LogP contribution in [0.1, 0.15) is 67.0 Å². The van der Waals surface area contributed by atoms with Crippen molar-refractivity contribution >= 4 is 17.0 Å². The molecule has 1 aliphatic heterocycles. The zero-order valence-corrected chi connectivity index (χ0v) is 14.4. The molecule has 2 saturated carbocycles. The fraction of sp³-hybridized carbons (Fsp3) is 0.600. The number of rotatable bonds is 4. The van der Waals surface area contributed by atoms with Gasteiger partial charge >= 0.3 is 5.97 Å². The molecule has 1 spiro atoms. The van der Waals surface area contributed by atoms with Crippen LogP contribution in [0.5, 0.6) is 0 Å². The fourth-order valence-electron chi connectivity index (χ4n) is 4.89. The van der Waals surface area contributed by atoms with Crippen LogP contribution in [0.25, 0.3) is 11.0 Å². The van der Waals surface area contributed by atoms with Crippen molar-refractivity contribution in [1.29, 1.82) is 0 Å². The average Bonchev–Trinajstić information content (AvgIpc) is 3.13. The Labute approximate surface area is 147 Å². The first kappa shape index (κ1) is 15.4. The topological polar surface area (TPSA) is 64.3 Å². The molecular formula is C20H24N2O3. The summed E-state index contributed by atoms with van der Waals surface area (Å²) in [6, 6.07) is 5.30. The molecule has 132 valence electrons. The highest BCUT2D eigenvalue weighted by molar-refractivity contribution is 5.92. The molecule has 3 aliphatic rings. The van der Waals surface area contributed by atoms with E-state index in [0.29, 0.717) is 16.9 Å². The van der Waals surface area contributed by atoms with Gasteiger partial charge < -0.3 is 14.4 Å². The molecule has 1 aromatic heterocycles. The number of imidazole rings is 1. The van der Waals surface area contributed by atoms with Crippen molar-refractivity contribution in [3.05, 3.63) is 29.6 Å². The Morgan fingerprint density at radius 2 is 2.12 bits per heavy atom. The van der Waals surface area contributed by atoms with Crippen molar-refractivity contribution in [1.82, 2.24) is 9.55 Å². The Balaban J connectivity index is 1.57. The minimum atomic E-state index is -0.883. The number of fused-ring (bicyclic) bond motifs is 1. The van der Waals surface area contributed by atoms with E-state index in [2.05, 4.69) is 4.57 Å². The lowest BCUT2D eigenvalue weighted by Crippen LogP contribution is -2.31. The second kappa shape index (κ2) is 5.56. The second-order valence-electron chi connectivity index (χ2n) is 8.05. The normalized spacial score (nSPS) is 27.4.